The van der Waals surface area contributed by atoms with Crippen molar-refractivity contribution in [3.8, 4) is 0 Å². The fraction of sp³-hybridized carbons (Fsp3) is 0.188. The maximum atomic E-state index is 5.29. The summed E-state index contributed by atoms with van der Waals surface area (Å²) < 4.78 is 0. The van der Waals surface area contributed by atoms with E-state index in [0.717, 1.165) is 16.6 Å². The maximum Gasteiger partial charge on any atom is 0.191 e. The topological polar surface area (TPSA) is 85.7 Å². The lowest BCUT2D eigenvalue weighted by molar-refractivity contribution is 0.974. The second-order valence-electron chi connectivity index (χ2n) is 5.03. The van der Waals surface area contributed by atoms with Crippen molar-refractivity contribution in [3.05, 3.63) is 36.5 Å². The molecule has 2 aromatic rings. The van der Waals surface area contributed by atoms with Crippen LogP contribution >= 0.6 is 24.4 Å². The summed E-state index contributed by atoms with van der Waals surface area (Å²) in [5.74, 6) is 0. The quantitative estimate of drug-likeness (QED) is 0.372. The van der Waals surface area contributed by atoms with E-state index in [-0.39, 0.29) is 0 Å². The Hall–Kier alpha value is -2.65. The highest BCUT2D eigenvalue weighted by Gasteiger charge is 2.04. The number of pyridine rings is 1. The molecule has 0 aliphatic heterocycles. The van der Waals surface area contributed by atoms with Crippen LogP contribution in [0, 0.1) is 0 Å². The highest BCUT2D eigenvalue weighted by molar-refractivity contribution is 7.80. The third kappa shape index (κ3) is 5.44. The average Bonchev–Trinajstić information content (AvgIpc) is 2.64. The Kier molecular flexibility index (Phi) is 6.72. The number of nitrogens with zero attached hydrogens (tertiary/aromatic N) is 3. The summed E-state index contributed by atoms with van der Waals surface area (Å²) in [6, 6.07) is 9.74. The lowest BCUT2D eigenvalue weighted by atomic mass is 10.2. The Morgan fingerprint density at radius 3 is 2.28 bits per heavy atom. The van der Waals surface area contributed by atoms with Crippen molar-refractivity contribution in [1.29, 1.82) is 0 Å². The first-order valence-electron chi connectivity index (χ1n) is 7.48. The minimum Gasteiger partial charge on any atom is -0.364 e. The normalized spacial score (nSPS) is 11.8. The first-order chi connectivity index (χ1) is 12.0. The number of thiocarbonyl (C=S) groups is 2. The van der Waals surface area contributed by atoms with Gasteiger partial charge < -0.3 is 10.6 Å². The lowest BCUT2D eigenvalue weighted by Gasteiger charge is -2.10. The highest BCUT2D eigenvalue weighted by atomic mass is 32.1. The van der Waals surface area contributed by atoms with E-state index in [1.54, 1.807) is 13.2 Å². The van der Waals surface area contributed by atoms with Gasteiger partial charge in [-0.1, -0.05) is 18.2 Å². The number of fused-ring (bicyclic) bond motifs is 1. The number of hydrazone groups is 2. The van der Waals surface area contributed by atoms with Gasteiger partial charge in [-0.25, -0.2) is 0 Å². The Labute approximate surface area is 157 Å². The third-order valence-electron chi connectivity index (χ3n) is 3.28. The molecular weight excluding hydrogens is 354 g/mol. The van der Waals surface area contributed by atoms with E-state index < -0.39 is 0 Å². The number of anilines is 1. The van der Waals surface area contributed by atoms with Gasteiger partial charge in [-0.3, -0.25) is 15.8 Å². The monoisotopic (exact) mass is 373 g/mol. The van der Waals surface area contributed by atoms with E-state index in [2.05, 4.69) is 36.7 Å². The van der Waals surface area contributed by atoms with E-state index in [4.69, 9.17) is 24.4 Å². The molecule has 4 N–H and O–H groups in total. The van der Waals surface area contributed by atoms with Crippen molar-refractivity contribution in [2.45, 2.75) is 13.8 Å². The largest absolute Gasteiger partial charge is 0.364 e. The van der Waals surface area contributed by atoms with E-state index in [0.29, 0.717) is 21.6 Å². The average molecular weight is 374 g/mol. The predicted octanol–water partition coefficient (Wildman–Crippen LogP) is 2.37. The molecule has 0 atom stereocenters. The van der Waals surface area contributed by atoms with Gasteiger partial charge in [-0.05, 0) is 50.4 Å². The van der Waals surface area contributed by atoms with Gasteiger partial charge >= 0.3 is 0 Å². The van der Waals surface area contributed by atoms with Crippen LogP contribution in [0.3, 0.4) is 0 Å². The van der Waals surface area contributed by atoms with Gasteiger partial charge in [0, 0.05) is 18.6 Å². The van der Waals surface area contributed by atoms with Crippen LogP contribution in [0.25, 0.3) is 10.9 Å². The zero-order chi connectivity index (χ0) is 18.2. The first kappa shape index (κ1) is 18.7. The van der Waals surface area contributed by atoms with Gasteiger partial charge in [-0.2, -0.15) is 10.2 Å². The Bertz CT molecular complexity index is 840. The molecule has 0 radical (unpaired) electrons. The summed E-state index contributed by atoms with van der Waals surface area (Å²) in [4.78, 5) is 4.38. The summed E-state index contributed by atoms with van der Waals surface area (Å²) in [5.41, 5.74) is 8.52. The number of aromatic nitrogens is 1. The molecule has 1 heterocycles. The molecule has 0 bridgehead atoms. The van der Waals surface area contributed by atoms with Crippen LogP contribution in [0.2, 0.25) is 0 Å². The first-order valence-corrected chi connectivity index (χ1v) is 8.30. The summed E-state index contributed by atoms with van der Waals surface area (Å²) in [5, 5.41) is 16.0. The molecule has 0 amide bonds. The zero-order valence-corrected chi connectivity index (χ0v) is 15.8. The molecule has 0 fully saturated rings. The smallest absolute Gasteiger partial charge is 0.191 e. The second kappa shape index (κ2) is 9.00. The summed E-state index contributed by atoms with van der Waals surface area (Å²) >= 11 is 10.2. The highest BCUT2D eigenvalue weighted by Crippen LogP contribution is 2.20. The number of hydrogen-bond donors (Lipinski definition) is 4. The number of rotatable bonds is 4. The van der Waals surface area contributed by atoms with E-state index in [1.807, 2.05) is 44.2 Å². The molecule has 130 valence electrons. The molecule has 25 heavy (non-hydrogen) atoms. The molecule has 0 saturated carbocycles. The van der Waals surface area contributed by atoms with Crippen LogP contribution < -0.4 is 21.5 Å². The van der Waals surface area contributed by atoms with Crippen LogP contribution in [-0.2, 0) is 0 Å². The number of hydrogen-bond acceptors (Lipinski definition) is 5. The molecule has 7 nitrogen and oxygen atoms in total. The molecule has 0 unspecified atom stereocenters. The standard InChI is InChI=1S/C16H19N7S2/c1-10(20-22-15(24)17-3)11(2)21-23-16(25)19-13-8-4-6-12-7-5-9-18-14(12)13/h4-9H,1-3H3,(H2,17,22,24)(H2,19,23,25)/b20-10+,21-11+. The summed E-state index contributed by atoms with van der Waals surface area (Å²) in [6.07, 6.45) is 1.74. The third-order valence-corrected chi connectivity index (χ3v) is 3.77. The minimum atomic E-state index is 0.365. The number of benzene rings is 1. The molecular formula is C16H19N7S2. The minimum absolute atomic E-state index is 0.365. The van der Waals surface area contributed by atoms with Gasteiger partial charge in [-0.15, -0.1) is 0 Å². The fourth-order valence-corrected chi connectivity index (χ4v) is 2.04. The predicted molar refractivity (Wildman–Crippen MR) is 112 cm³/mol. The van der Waals surface area contributed by atoms with Crippen molar-refractivity contribution in [1.82, 2.24) is 21.2 Å². The fourth-order valence-electron chi connectivity index (χ4n) is 1.84. The Morgan fingerprint density at radius 1 is 0.960 bits per heavy atom. The van der Waals surface area contributed by atoms with E-state index >= 15 is 0 Å². The molecule has 0 saturated heterocycles. The van der Waals surface area contributed by atoms with Crippen molar-refractivity contribution >= 4 is 62.7 Å². The van der Waals surface area contributed by atoms with Crippen LogP contribution in [0.5, 0.6) is 0 Å². The van der Waals surface area contributed by atoms with Gasteiger partial charge in [0.1, 0.15) is 0 Å². The van der Waals surface area contributed by atoms with Crippen molar-refractivity contribution in [2.24, 2.45) is 10.2 Å². The number of para-hydroxylation sites is 1. The SMILES string of the molecule is CNC(=S)N/N=C(C)/C(C)=N/NC(=S)Nc1cccc2cccnc12. The van der Waals surface area contributed by atoms with Gasteiger partial charge in [0.15, 0.2) is 10.2 Å². The molecule has 1 aromatic carbocycles. The molecule has 0 spiro atoms. The maximum absolute atomic E-state index is 5.29. The van der Waals surface area contributed by atoms with Crippen molar-refractivity contribution < 1.29 is 0 Å². The molecule has 9 heteroatoms. The van der Waals surface area contributed by atoms with Crippen LogP contribution in [0.1, 0.15) is 13.8 Å². The van der Waals surface area contributed by atoms with E-state index in [9.17, 15) is 0 Å². The van der Waals surface area contributed by atoms with Gasteiger partial charge in [0.25, 0.3) is 0 Å². The molecule has 1 aromatic heterocycles. The van der Waals surface area contributed by atoms with Crippen molar-refractivity contribution in [3.63, 3.8) is 0 Å². The van der Waals surface area contributed by atoms with Crippen LogP contribution in [0.4, 0.5) is 5.69 Å². The van der Waals surface area contributed by atoms with Crippen LogP contribution in [0.15, 0.2) is 46.7 Å². The van der Waals surface area contributed by atoms with E-state index in [1.165, 1.54) is 0 Å². The molecule has 0 aliphatic carbocycles. The van der Waals surface area contributed by atoms with Gasteiger partial charge in [0.05, 0.1) is 22.6 Å². The summed E-state index contributed by atoms with van der Waals surface area (Å²) in [7, 11) is 1.72. The van der Waals surface area contributed by atoms with Crippen LogP contribution in [-0.4, -0.2) is 33.7 Å². The second-order valence-corrected chi connectivity index (χ2v) is 5.85. The molecule has 2 rings (SSSR count). The zero-order valence-electron chi connectivity index (χ0n) is 14.1. The number of nitrogens with one attached hydrogen (secondary N) is 4. The molecule has 0 aliphatic rings. The lowest BCUT2D eigenvalue weighted by Crippen LogP contribution is -2.30. The Morgan fingerprint density at radius 2 is 1.60 bits per heavy atom. The van der Waals surface area contributed by atoms with Gasteiger partial charge in [0.2, 0.25) is 0 Å². The Balaban J connectivity index is 2.01. The summed E-state index contributed by atoms with van der Waals surface area (Å²) in [6.45, 7) is 3.63. The van der Waals surface area contributed by atoms with Crippen molar-refractivity contribution in [2.75, 3.05) is 12.4 Å².